The van der Waals surface area contributed by atoms with Gasteiger partial charge >= 0.3 is 0 Å². The van der Waals surface area contributed by atoms with Gasteiger partial charge in [0, 0.05) is 11.2 Å². The zero-order valence-electron chi connectivity index (χ0n) is 17.6. The first-order valence-electron chi connectivity index (χ1n) is 9.78. The number of allylic oxidation sites excluding steroid dienone is 1. The largest absolute Gasteiger partial charge is 0.437 e. The van der Waals surface area contributed by atoms with Gasteiger partial charge in [0.25, 0.3) is 5.56 Å². The number of hydrogen-bond acceptors (Lipinski definition) is 6. The van der Waals surface area contributed by atoms with Crippen molar-refractivity contribution in [2.24, 2.45) is 0 Å². The van der Waals surface area contributed by atoms with Crippen LogP contribution in [0.25, 0.3) is 11.7 Å². The Kier molecular flexibility index (Phi) is 6.44. The number of fused-ring (bicyclic) bond motifs is 1. The third kappa shape index (κ3) is 4.54. The predicted molar refractivity (Wildman–Crippen MR) is 130 cm³/mol. The molecule has 4 rings (SSSR count). The molecule has 0 saturated carbocycles. The van der Waals surface area contributed by atoms with Crippen LogP contribution in [0.1, 0.15) is 11.1 Å². The van der Waals surface area contributed by atoms with E-state index in [-0.39, 0.29) is 32.8 Å². The van der Waals surface area contributed by atoms with Crippen LogP contribution in [0.4, 0.5) is 0 Å². The fraction of sp³-hybridized carbons (Fsp3) is 0.0417. The standard InChI is InChI=1S/C24H15Cl2N3O4S/c1-15-5-8-17(9-6-15)34(31,32)18(14-27)13-19-23(33-21-10-7-16(25)12-20(21)26)28-22-4-2-3-11-29(22)24(19)30/h2-13H,1H3. The van der Waals surface area contributed by atoms with Gasteiger partial charge in [0.1, 0.15) is 27.9 Å². The Labute approximate surface area is 205 Å². The van der Waals surface area contributed by atoms with E-state index in [9.17, 15) is 18.5 Å². The predicted octanol–water partition coefficient (Wildman–Crippen LogP) is 5.44. The fourth-order valence-corrected chi connectivity index (χ4v) is 4.68. The van der Waals surface area contributed by atoms with Crippen LogP contribution in [0.2, 0.25) is 10.0 Å². The summed E-state index contributed by atoms with van der Waals surface area (Å²) in [6, 6.07) is 17.1. The lowest BCUT2D eigenvalue weighted by atomic mass is 10.2. The van der Waals surface area contributed by atoms with Crippen LogP contribution in [0.15, 0.2) is 81.5 Å². The maximum absolute atomic E-state index is 13.3. The molecule has 0 N–H and O–H groups in total. The van der Waals surface area contributed by atoms with Crippen LogP contribution >= 0.6 is 23.2 Å². The molecule has 0 spiro atoms. The maximum Gasteiger partial charge on any atom is 0.269 e. The van der Waals surface area contributed by atoms with Gasteiger partial charge in [0.05, 0.1) is 9.92 Å². The number of nitriles is 1. The molecule has 0 bridgehead atoms. The summed E-state index contributed by atoms with van der Waals surface area (Å²) >= 11 is 12.1. The molecule has 0 atom stereocenters. The highest BCUT2D eigenvalue weighted by Gasteiger charge is 2.24. The van der Waals surface area contributed by atoms with Crippen LogP contribution < -0.4 is 10.3 Å². The lowest BCUT2D eigenvalue weighted by molar-refractivity contribution is 0.461. The van der Waals surface area contributed by atoms with Crippen LogP contribution in [-0.2, 0) is 9.84 Å². The average Bonchev–Trinajstić information content (AvgIpc) is 2.81. The first-order valence-corrected chi connectivity index (χ1v) is 12.0. The minimum Gasteiger partial charge on any atom is -0.437 e. The van der Waals surface area contributed by atoms with E-state index in [0.29, 0.717) is 5.02 Å². The van der Waals surface area contributed by atoms with Crippen LogP contribution in [-0.4, -0.2) is 17.8 Å². The molecule has 0 aliphatic heterocycles. The van der Waals surface area contributed by atoms with E-state index in [4.69, 9.17) is 27.9 Å². The molecule has 34 heavy (non-hydrogen) atoms. The maximum atomic E-state index is 13.3. The summed E-state index contributed by atoms with van der Waals surface area (Å²) in [5, 5.41) is 10.2. The van der Waals surface area contributed by atoms with Crippen molar-refractivity contribution in [2.75, 3.05) is 0 Å². The molecule has 2 heterocycles. The third-order valence-electron chi connectivity index (χ3n) is 4.84. The molecular formula is C24H15Cl2N3O4S. The Morgan fingerprint density at radius 1 is 1.12 bits per heavy atom. The van der Waals surface area contributed by atoms with Gasteiger partial charge in [-0.2, -0.15) is 10.2 Å². The van der Waals surface area contributed by atoms with Crippen molar-refractivity contribution >= 4 is 44.8 Å². The molecule has 0 saturated heterocycles. The van der Waals surface area contributed by atoms with Gasteiger partial charge in [-0.25, -0.2) is 8.42 Å². The van der Waals surface area contributed by atoms with E-state index >= 15 is 0 Å². The zero-order valence-corrected chi connectivity index (χ0v) is 19.9. The second kappa shape index (κ2) is 9.31. The molecule has 7 nitrogen and oxygen atoms in total. The topological polar surface area (TPSA) is 102 Å². The summed E-state index contributed by atoms with van der Waals surface area (Å²) in [7, 11) is -4.21. The molecule has 0 fully saturated rings. The average molecular weight is 512 g/mol. The van der Waals surface area contributed by atoms with Crippen molar-refractivity contribution in [3.05, 3.63) is 103 Å². The van der Waals surface area contributed by atoms with Crippen LogP contribution in [0.5, 0.6) is 11.6 Å². The Hall–Kier alpha value is -3.64. The van der Waals surface area contributed by atoms with Crippen molar-refractivity contribution in [3.8, 4) is 17.7 Å². The molecule has 0 aliphatic rings. The molecule has 0 unspecified atom stereocenters. The second-order valence-corrected chi connectivity index (χ2v) is 9.94. The molecular weight excluding hydrogens is 497 g/mol. The molecule has 0 aliphatic carbocycles. The number of benzene rings is 2. The van der Waals surface area contributed by atoms with E-state index < -0.39 is 20.3 Å². The number of hydrogen-bond donors (Lipinski definition) is 0. The summed E-state index contributed by atoms with van der Waals surface area (Å²) in [4.78, 5) is 16.9. The highest BCUT2D eigenvalue weighted by molar-refractivity contribution is 7.95. The van der Waals surface area contributed by atoms with Crippen molar-refractivity contribution in [1.29, 1.82) is 5.26 Å². The quantitative estimate of drug-likeness (QED) is 0.330. The fourth-order valence-electron chi connectivity index (χ4n) is 3.09. The van der Waals surface area contributed by atoms with E-state index in [1.54, 1.807) is 36.4 Å². The van der Waals surface area contributed by atoms with Gasteiger partial charge < -0.3 is 4.74 Å². The number of rotatable bonds is 5. The van der Waals surface area contributed by atoms with Gasteiger partial charge in [-0.1, -0.05) is 47.0 Å². The minimum absolute atomic E-state index is 0.0806. The number of aromatic nitrogens is 2. The Balaban J connectivity index is 1.94. The smallest absolute Gasteiger partial charge is 0.269 e. The summed E-state index contributed by atoms with van der Waals surface area (Å²) < 4.78 is 33.3. The third-order valence-corrected chi connectivity index (χ3v) is 7.05. The number of ether oxygens (including phenoxy) is 1. The second-order valence-electron chi connectivity index (χ2n) is 7.18. The normalized spacial score (nSPS) is 11.9. The Morgan fingerprint density at radius 3 is 2.53 bits per heavy atom. The molecule has 170 valence electrons. The number of aryl methyl sites for hydroxylation is 1. The lowest BCUT2D eigenvalue weighted by Crippen LogP contribution is -2.19. The monoisotopic (exact) mass is 511 g/mol. The highest BCUT2D eigenvalue weighted by Crippen LogP contribution is 2.33. The first-order chi connectivity index (χ1) is 16.2. The van der Waals surface area contributed by atoms with E-state index in [0.717, 1.165) is 11.6 Å². The van der Waals surface area contributed by atoms with Crippen molar-refractivity contribution < 1.29 is 13.2 Å². The van der Waals surface area contributed by atoms with Gasteiger partial charge in [-0.05, 0) is 55.5 Å². The van der Waals surface area contributed by atoms with Gasteiger partial charge in [0.15, 0.2) is 0 Å². The molecule has 2 aromatic carbocycles. The van der Waals surface area contributed by atoms with Crippen LogP contribution in [0, 0.1) is 18.3 Å². The van der Waals surface area contributed by atoms with Crippen molar-refractivity contribution in [3.63, 3.8) is 0 Å². The van der Waals surface area contributed by atoms with Gasteiger partial charge in [-0.15, -0.1) is 0 Å². The number of sulfone groups is 1. The molecule has 2 aromatic heterocycles. The van der Waals surface area contributed by atoms with Gasteiger partial charge in [0.2, 0.25) is 15.7 Å². The Morgan fingerprint density at radius 2 is 1.85 bits per heavy atom. The van der Waals surface area contributed by atoms with Crippen molar-refractivity contribution in [2.45, 2.75) is 11.8 Å². The number of halogens is 2. The number of nitrogens with zero attached hydrogens (tertiary/aromatic N) is 3. The molecule has 10 heteroatoms. The van der Waals surface area contributed by atoms with Crippen molar-refractivity contribution in [1.82, 2.24) is 9.38 Å². The molecule has 0 radical (unpaired) electrons. The number of pyridine rings is 1. The lowest BCUT2D eigenvalue weighted by Gasteiger charge is -2.11. The van der Waals surface area contributed by atoms with Crippen LogP contribution in [0.3, 0.4) is 0 Å². The first kappa shape index (κ1) is 23.5. The summed E-state index contributed by atoms with van der Waals surface area (Å²) in [5.74, 6) is -0.0694. The van der Waals surface area contributed by atoms with E-state index in [1.807, 2.05) is 6.92 Å². The van der Waals surface area contributed by atoms with E-state index in [1.165, 1.54) is 40.9 Å². The SMILES string of the molecule is Cc1ccc(S(=O)(=O)C(C#N)=Cc2c(Oc3ccc(Cl)cc3Cl)nc3ccccn3c2=O)cc1. The summed E-state index contributed by atoms with van der Waals surface area (Å²) in [6.45, 7) is 1.81. The minimum atomic E-state index is -4.21. The summed E-state index contributed by atoms with van der Waals surface area (Å²) in [6.07, 6.45) is 2.44. The van der Waals surface area contributed by atoms with E-state index in [2.05, 4.69) is 4.98 Å². The molecule has 4 aromatic rings. The van der Waals surface area contributed by atoms with Gasteiger partial charge in [-0.3, -0.25) is 9.20 Å². The molecule has 0 amide bonds. The zero-order chi connectivity index (χ0) is 24.5. The Bertz CT molecular complexity index is 1650. The summed E-state index contributed by atoms with van der Waals surface area (Å²) in [5.41, 5.74) is 0.248. The highest BCUT2D eigenvalue weighted by atomic mass is 35.5.